The van der Waals surface area contributed by atoms with E-state index < -0.39 is 0 Å². The van der Waals surface area contributed by atoms with E-state index in [0.717, 1.165) is 104 Å². The van der Waals surface area contributed by atoms with Gasteiger partial charge in [0.15, 0.2) is 0 Å². The Kier molecular flexibility index (Phi) is 11.5. The summed E-state index contributed by atoms with van der Waals surface area (Å²) in [5.74, 6) is -0.604. The number of hydrogen-bond donors (Lipinski definition) is 0. The first-order chi connectivity index (χ1) is 36.3. The molecule has 10 aromatic rings. The molecule has 388 valence electrons. The van der Waals surface area contributed by atoms with Crippen molar-refractivity contribution in [3.63, 3.8) is 0 Å². The molecule has 0 atom stereocenters. The van der Waals surface area contributed by atoms with Crippen LogP contribution >= 0.6 is 11.3 Å². The highest BCUT2D eigenvalue weighted by atomic mass is 32.1. The van der Waals surface area contributed by atoms with Gasteiger partial charge >= 0.3 is 0 Å². The van der Waals surface area contributed by atoms with E-state index in [-0.39, 0.29) is 40.0 Å². The molecule has 8 aromatic carbocycles. The Bertz CT molecular complexity index is 3990. The van der Waals surface area contributed by atoms with E-state index in [2.05, 4.69) is 219 Å². The largest absolute Gasteiger partial charge is 0.342 e. The Morgan fingerprint density at radius 2 is 0.974 bits per heavy atom. The van der Waals surface area contributed by atoms with Crippen molar-refractivity contribution < 1.29 is 8.78 Å². The van der Waals surface area contributed by atoms with Gasteiger partial charge in [0, 0.05) is 60.9 Å². The van der Waals surface area contributed by atoms with Gasteiger partial charge in [-0.25, -0.2) is 8.78 Å². The lowest BCUT2D eigenvalue weighted by molar-refractivity contribution is 0.590. The quantitative estimate of drug-likeness (QED) is 0.160. The van der Waals surface area contributed by atoms with Gasteiger partial charge in [-0.15, -0.1) is 11.3 Å². The van der Waals surface area contributed by atoms with Crippen molar-refractivity contribution in [2.75, 3.05) is 14.7 Å². The maximum Gasteiger partial charge on any atom is 0.264 e. The zero-order valence-electron chi connectivity index (χ0n) is 47.4. The summed E-state index contributed by atoms with van der Waals surface area (Å²) in [6.07, 6.45) is 0. The van der Waals surface area contributed by atoms with Crippen LogP contribution in [0.4, 0.5) is 60.0 Å². The fourth-order valence-electron chi connectivity index (χ4n) is 12.1. The fraction of sp³-hybridized carbons (Fsp3) is 0.275. The number of para-hydroxylation sites is 1. The van der Waals surface area contributed by atoms with Gasteiger partial charge in [0.2, 0.25) is 0 Å². The first-order valence-corrected chi connectivity index (χ1v) is 28.0. The molecule has 0 bridgehead atoms. The number of fused-ring (bicyclic) bond motifs is 10. The summed E-state index contributed by atoms with van der Waals surface area (Å²) in [6, 6.07) is 52.1. The lowest BCUT2D eigenvalue weighted by atomic mass is 9.36. The van der Waals surface area contributed by atoms with Gasteiger partial charge in [0.25, 0.3) is 6.71 Å². The molecule has 0 saturated heterocycles. The first kappa shape index (κ1) is 50.6. The average molecular weight is 1040 g/mol. The molecule has 2 aliphatic rings. The van der Waals surface area contributed by atoms with Crippen LogP contribution in [0, 0.1) is 25.5 Å². The predicted molar refractivity (Wildman–Crippen MR) is 329 cm³/mol. The van der Waals surface area contributed by atoms with E-state index in [0.29, 0.717) is 11.4 Å². The Hall–Kier alpha value is -7.16. The summed E-state index contributed by atoms with van der Waals surface area (Å²) in [7, 11) is 2.17. The van der Waals surface area contributed by atoms with Gasteiger partial charge in [0.1, 0.15) is 11.6 Å². The molecule has 77 heavy (non-hydrogen) atoms. The number of halogens is 2. The van der Waals surface area contributed by atoms with Crippen LogP contribution in [-0.2, 0) is 28.7 Å². The maximum atomic E-state index is 17.7. The molecule has 2 aromatic heterocycles. The minimum absolute atomic E-state index is 0.0505. The van der Waals surface area contributed by atoms with Crippen molar-refractivity contribution in [2.45, 2.75) is 119 Å². The van der Waals surface area contributed by atoms with Crippen LogP contribution in [0.2, 0.25) is 0 Å². The van der Waals surface area contributed by atoms with Crippen LogP contribution in [0.3, 0.4) is 0 Å². The minimum atomic E-state index is -0.350. The molecule has 4 heterocycles. The van der Waals surface area contributed by atoms with Gasteiger partial charge in [0.05, 0.1) is 34.0 Å². The van der Waals surface area contributed by atoms with E-state index in [4.69, 9.17) is 0 Å². The summed E-state index contributed by atoms with van der Waals surface area (Å²) >= 11 is 1.79. The number of aryl methyl sites for hydroxylation is 3. The maximum absolute atomic E-state index is 17.7. The van der Waals surface area contributed by atoms with Gasteiger partial charge in [-0.3, -0.25) is 0 Å². The second-order valence-electron chi connectivity index (χ2n) is 26.0. The van der Waals surface area contributed by atoms with Crippen LogP contribution in [-0.4, -0.2) is 11.3 Å². The van der Waals surface area contributed by atoms with E-state index in [9.17, 15) is 0 Å². The summed E-state index contributed by atoms with van der Waals surface area (Å²) < 4.78 is 39.6. The normalized spacial score (nSPS) is 13.7. The zero-order valence-corrected chi connectivity index (χ0v) is 48.2. The van der Waals surface area contributed by atoms with Gasteiger partial charge in [-0.05, 0) is 165 Å². The van der Waals surface area contributed by atoms with Crippen LogP contribution in [0.15, 0.2) is 146 Å². The van der Waals surface area contributed by atoms with Crippen LogP contribution in [0.1, 0.15) is 116 Å². The highest BCUT2D eigenvalue weighted by Gasteiger charge is 2.48. The summed E-state index contributed by atoms with van der Waals surface area (Å²) in [6.45, 7) is 30.6. The zero-order chi connectivity index (χ0) is 54.6. The highest BCUT2D eigenvalue weighted by Crippen LogP contribution is 2.54. The molecule has 0 N–H and O–H groups in total. The minimum Gasteiger partial charge on any atom is -0.342 e. The molecule has 8 heteroatoms. The van der Waals surface area contributed by atoms with E-state index >= 15 is 8.78 Å². The number of rotatable bonds is 5. The molecule has 12 rings (SSSR count). The van der Waals surface area contributed by atoms with Crippen molar-refractivity contribution in [2.24, 2.45) is 7.05 Å². The van der Waals surface area contributed by atoms with Crippen molar-refractivity contribution >= 4 is 117 Å². The monoisotopic (exact) mass is 1030 g/mol. The molecule has 2 aliphatic heterocycles. The van der Waals surface area contributed by atoms with Gasteiger partial charge in [-0.1, -0.05) is 144 Å². The van der Waals surface area contributed by atoms with E-state index in [1.54, 1.807) is 23.5 Å². The smallest absolute Gasteiger partial charge is 0.264 e. The van der Waals surface area contributed by atoms with Crippen molar-refractivity contribution in [1.29, 1.82) is 0 Å². The fourth-order valence-corrected chi connectivity index (χ4v) is 13.4. The molecule has 0 aliphatic carbocycles. The first-order valence-electron chi connectivity index (χ1n) is 27.2. The highest BCUT2D eigenvalue weighted by molar-refractivity contribution is 7.33. The molecule has 4 nitrogen and oxygen atoms in total. The van der Waals surface area contributed by atoms with Crippen LogP contribution in [0.25, 0.3) is 31.9 Å². The third kappa shape index (κ3) is 8.10. The van der Waals surface area contributed by atoms with Crippen LogP contribution < -0.4 is 30.4 Å². The Balaban J connectivity index is 1.30. The Labute approximate surface area is 458 Å². The van der Waals surface area contributed by atoms with Crippen LogP contribution in [0.5, 0.6) is 0 Å². The summed E-state index contributed by atoms with van der Waals surface area (Å²) in [5, 5.41) is 3.26. The molecule has 0 radical (unpaired) electrons. The predicted octanol–water partition coefficient (Wildman–Crippen LogP) is 18.2. The topological polar surface area (TPSA) is 14.7 Å². The second kappa shape index (κ2) is 17.4. The number of aromatic nitrogens is 1. The summed E-state index contributed by atoms with van der Waals surface area (Å²) in [5.41, 5.74) is 17.7. The third-order valence-electron chi connectivity index (χ3n) is 16.4. The number of benzene rings is 8. The molecule has 0 spiro atoms. The molecule has 0 fully saturated rings. The Morgan fingerprint density at radius 3 is 1.48 bits per heavy atom. The molecular weight excluding hydrogens is 966 g/mol. The molecule has 0 unspecified atom stereocenters. The molecule has 0 saturated carbocycles. The molecule has 0 amide bonds. The number of hydrogen-bond acceptors (Lipinski definition) is 4. The van der Waals surface area contributed by atoms with Crippen molar-refractivity contribution in [1.82, 2.24) is 4.57 Å². The third-order valence-corrected chi connectivity index (χ3v) is 17.6. The lowest BCUT2D eigenvalue weighted by Gasteiger charge is -2.45. The van der Waals surface area contributed by atoms with Gasteiger partial charge < -0.3 is 19.3 Å². The number of anilines is 9. The molecular formula is C69H69BF2N4S. The second-order valence-corrected chi connectivity index (χ2v) is 27.1. The van der Waals surface area contributed by atoms with Gasteiger partial charge in [-0.2, -0.15) is 0 Å². The van der Waals surface area contributed by atoms with E-state index in [1.165, 1.54) is 16.7 Å². The van der Waals surface area contributed by atoms with Crippen molar-refractivity contribution in [3.8, 4) is 0 Å². The average Bonchev–Trinajstić information content (AvgIpc) is 4.16. The number of thiophene rings is 1. The van der Waals surface area contributed by atoms with Crippen molar-refractivity contribution in [3.05, 3.63) is 191 Å². The lowest BCUT2D eigenvalue weighted by Crippen LogP contribution is -2.61. The Morgan fingerprint density at radius 1 is 0.481 bits per heavy atom. The SMILES string of the molecule is Cc1ccc(N2c3cc(C(C)(C)C)cc4c3B(c3cc(N(c5ccc(C(C)(C)C)cc5)c5ccc(C(C)(C)C)cc5)c5c6ccccc6n(C)c5c3N4c3ccc(C)cc3F)c3sc4ccc(C(C)(C)C)cc4c32)c(F)c1. The summed E-state index contributed by atoms with van der Waals surface area (Å²) in [4.78, 5) is 6.88. The number of nitrogens with zero attached hydrogens (tertiary/aromatic N) is 4. The standard InChI is InChI=1S/C69H69BF2N4S/c1-40-20-31-54(51(71)34-40)75-57-37-45(69(12,13)14)38-58-61(57)70(65-62(75)49-36-44(68(9,10)11)26-33-59(49)77-65)50-39-56(74(46-27-22-42(23-28-46)66(3,4)5)47-29-24-43(25-30-47)67(6,7)8)60-48-18-16-17-19-53(48)73(15)64(60)63(50)76(58)55-32-21-41(2)35-52(55)72/h16-39H,1-15H3. The van der Waals surface area contributed by atoms with E-state index in [1.807, 2.05) is 38.1 Å².